The molecule has 6 heteroatoms. The largest absolute Gasteiger partial charge is 0.376 e. The molecule has 19 heavy (non-hydrogen) atoms. The van der Waals surface area contributed by atoms with Crippen LogP contribution in [0.15, 0.2) is 18.3 Å². The van der Waals surface area contributed by atoms with Crippen molar-refractivity contribution in [3.05, 3.63) is 24.0 Å². The maximum Gasteiger partial charge on any atom is 0.270 e. The molecule has 3 rings (SSSR count). The molecule has 2 aliphatic rings. The smallest absolute Gasteiger partial charge is 0.270 e. The van der Waals surface area contributed by atoms with Gasteiger partial charge < -0.3 is 15.5 Å². The van der Waals surface area contributed by atoms with Crippen molar-refractivity contribution in [3.8, 4) is 0 Å². The second kappa shape index (κ2) is 5.14. The number of nitrogens with two attached hydrogens (primary N) is 1. The SMILES string of the molecule is NNc1ccc(C(=O)NC2CCOC2C2CC2)nc1. The van der Waals surface area contributed by atoms with Gasteiger partial charge in [-0.1, -0.05) is 0 Å². The Balaban J connectivity index is 1.63. The number of carbonyl (C=O) groups is 1. The first-order valence-electron chi connectivity index (χ1n) is 6.63. The van der Waals surface area contributed by atoms with E-state index in [1.54, 1.807) is 18.3 Å². The molecule has 1 saturated carbocycles. The molecule has 1 aliphatic carbocycles. The van der Waals surface area contributed by atoms with Gasteiger partial charge in [-0.15, -0.1) is 0 Å². The van der Waals surface area contributed by atoms with Crippen LogP contribution in [0.25, 0.3) is 0 Å². The van der Waals surface area contributed by atoms with Crippen molar-refractivity contribution in [2.24, 2.45) is 11.8 Å². The van der Waals surface area contributed by atoms with Gasteiger partial charge in [0.25, 0.3) is 5.91 Å². The van der Waals surface area contributed by atoms with E-state index in [0.29, 0.717) is 17.3 Å². The molecular formula is C13H18N4O2. The van der Waals surface area contributed by atoms with Gasteiger partial charge in [0, 0.05) is 6.61 Å². The first-order valence-corrected chi connectivity index (χ1v) is 6.63. The van der Waals surface area contributed by atoms with Crippen LogP contribution in [0.1, 0.15) is 29.8 Å². The van der Waals surface area contributed by atoms with Gasteiger partial charge >= 0.3 is 0 Å². The lowest BCUT2D eigenvalue weighted by Crippen LogP contribution is -2.41. The number of pyridine rings is 1. The molecule has 0 spiro atoms. The summed E-state index contributed by atoms with van der Waals surface area (Å²) < 4.78 is 5.70. The average Bonchev–Trinajstić information content (AvgIpc) is 3.19. The number of hydrazine groups is 1. The molecule has 102 valence electrons. The van der Waals surface area contributed by atoms with Crippen LogP contribution in [0, 0.1) is 5.92 Å². The highest BCUT2D eigenvalue weighted by Gasteiger charge is 2.41. The molecule has 2 atom stereocenters. The van der Waals surface area contributed by atoms with Gasteiger partial charge in [0.05, 0.1) is 24.0 Å². The fraction of sp³-hybridized carbons (Fsp3) is 0.538. The zero-order valence-electron chi connectivity index (χ0n) is 10.6. The van der Waals surface area contributed by atoms with Gasteiger partial charge in [-0.2, -0.15) is 0 Å². The van der Waals surface area contributed by atoms with E-state index in [0.717, 1.165) is 13.0 Å². The predicted molar refractivity (Wildman–Crippen MR) is 70.4 cm³/mol. The molecule has 2 unspecified atom stereocenters. The van der Waals surface area contributed by atoms with Crippen molar-refractivity contribution in [1.82, 2.24) is 10.3 Å². The summed E-state index contributed by atoms with van der Waals surface area (Å²) in [4.78, 5) is 16.2. The van der Waals surface area contributed by atoms with E-state index in [-0.39, 0.29) is 18.1 Å². The summed E-state index contributed by atoms with van der Waals surface area (Å²) in [6, 6.07) is 3.51. The Hall–Kier alpha value is -1.66. The van der Waals surface area contributed by atoms with Crippen LogP contribution >= 0.6 is 0 Å². The summed E-state index contributed by atoms with van der Waals surface area (Å²) in [5.74, 6) is 5.74. The maximum atomic E-state index is 12.1. The quantitative estimate of drug-likeness (QED) is 0.548. The zero-order chi connectivity index (χ0) is 13.2. The van der Waals surface area contributed by atoms with Crippen molar-refractivity contribution in [2.75, 3.05) is 12.0 Å². The van der Waals surface area contributed by atoms with Crippen molar-refractivity contribution >= 4 is 11.6 Å². The Morgan fingerprint density at radius 2 is 2.21 bits per heavy atom. The standard InChI is InChI=1S/C13H18N4O2/c14-17-9-3-4-11(15-7-9)13(18)16-10-5-6-19-12(10)8-1-2-8/h3-4,7-8,10,12,17H,1-2,5-6,14H2,(H,16,18). The molecule has 4 N–H and O–H groups in total. The predicted octanol–water partition coefficient (Wildman–Crippen LogP) is 0.664. The molecule has 0 aromatic carbocycles. The number of rotatable bonds is 4. The van der Waals surface area contributed by atoms with Crippen LogP contribution in [0.5, 0.6) is 0 Å². The van der Waals surface area contributed by atoms with E-state index in [9.17, 15) is 4.79 Å². The summed E-state index contributed by atoms with van der Waals surface area (Å²) in [6.45, 7) is 0.732. The van der Waals surface area contributed by atoms with Crippen LogP contribution < -0.4 is 16.6 Å². The summed E-state index contributed by atoms with van der Waals surface area (Å²) in [7, 11) is 0. The Morgan fingerprint density at radius 3 is 2.84 bits per heavy atom. The number of nitrogen functional groups attached to an aromatic ring is 1. The second-order valence-electron chi connectivity index (χ2n) is 5.12. The third-order valence-corrected chi connectivity index (χ3v) is 3.70. The number of anilines is 1. The average molecular weight is 262 g/mol. The lowest BCUT2D eigenvalue weighted by Gasteiger charge is -2.19. The van der Waals surface area contributed by atoms with Gasteiger partial charge in [0.1, 0.15) is 5.69 Å². The van der Waals surface area contributed by atoms with Crippen molar-refractivity contribution < 1.29 is 9.53 Å². The topological polar surface area (TPSA) is 89.3 Å². The Bertz CT molecular complexity index is 458. The molecule has 1 aliphatic heterocycles. The highest BCUT2D eigenvalue weighted by molar-refractivity contribution is 5.92. The summed E-state index contributed by atoms with van der Waals surface area (Å²) in [6.07, 6.45) is 5.04. The summed E-state index contributed by atoms with van der Waals surface area (Å²) in [5, 5.41) is 3.03. The summed E-state index contributed by atoms with van der Waals surface area (Å²) in [5.41, 5.74) is 3.56. The highest BCUT2D eigenvalue weighted by Crippen LogP contribution is 2.38. The minimum Gasteiger partial charge on any atom is -0.376 e. The van der Waals surface area contributed by atoms with E-state index in [2.05, 4.69) is 15.7 Å². The number of hydrogen-bond donors (Lipinski definition) is 3. The first-order chi connectivity index (χ1) is 9.28. The molecule has 1 aromatic rings. The lowest BCUT2D eigenvalue weighted by molar-refractivity contribution is 0.0727. The van der Waals surface area contributed by atoms with Gasteiger partial charge in [-0.25, -0.2) is 4.98 Å². The highest BCUT2D eigenvalue weighted by atomic mass is 16.5. The van der Waals surface area contributed by atoms with Crippen LogP contribution in [0.2, 0.25) is 0 Å². The van der Waals surface area contributed by atoms with E-state index in [1.165, 1.54) is 12.8 Å². The fourth-order valence-electron chi connectivity index (χ4n) is 2.51. The molecule has 0 bridgehead atoms. The molecule has 1 amide bonds. The van der Waals surface area contributed by atoms with Crippen LogP contribution in [0.4, 0.5) is 5.69 Å². The van der Waals surface area contributed by atoms with E-state index in [1.807, 2.05) is 0 Å². The number of carbonyl (C=O) groups excluding carboxylic acids is 1. The van der Waals surface area contributed by atoms with E-state index in [4.69, 9.17) is 10.6 Å². The van der Waals surface area contributed by atoms with E-state index >= 15 is 0 Å². The Morgan fingerprint density at radius 1 is 1.37 bits per heavy atom. The minimum atomic E-state index is -0.148. The zero-order valence-corrected chi connectivity index (χ0v) is 10.6. The Labute approximate surface area is 111 Å². The maximum absolute atomic E-state index is 12.1. The normalized spacial score (nSPS) is 26.2. The lowest BCUT2D eigenvalue weighted by atomic mass is 10.1. The van der Waals surface area contributed by atoms with Gasteiger partial charge in [-0.05, 0) is 37.3 Å². The molecular weight excluding hydrogens is 244 g/mol. The van der Waals surface area contributed by atoms with Crippen molar-refractivity contribution in [2.45, 2.75) is 31.4 Å². The second-order valence-corrected chi connectivity index (χ2v) is 5.12. The monoisotopic (exact) mass is 262 g/mol. The number of ether oxygens (including phenoxy) is 1. The summed E-state index contributed by atoms with van der Waals surface area (Å²) >= 11 is 0. The minimum absolute atomic E-state index is 0.120. The van der Waals surface area contributed by atoms with E-state index < -0.39 is 0 Å². The van der Waals surface area contributed by atoms with Gasteiger partial charge in [-0.3, -0.25) is 10.6 Å². The molecule has 6 nitrogen and oxygen atoms in total. The Kier molecular flexibility index (Phi) is 3.35. The first kappa shape index (κ1) is 12.4. The van der Waals surface area contributed by atoms with Crippen LogP contribution in [0.3, 0.4) is 0 Å². The molecule has 0 radical (unpaired) electrons. The van der Waals surface area contributed by atoms with Gasteiger partial charge in [0.15, 0.2) is 0 Å². The number of nitrogens with one attached hydrogen (secondary N) is 2. The van der Waals surface area contributed by atoms with Crippen LogP contribution in [-0.2, 0) is 4.74 Å². The number of amides is 1. The molecule has 2 heterocycles. The van der Waals surface area contributed by atoms with Crippen molar-refractivity contribution in [1.29, 1.82) is 0 Å². The number of hydrogen-bond acceptors (Lipinski definition) is 5. The molecule has 2 fully saturated rings. The van der Waals surface area contributed by atoms with Crippen LogP contribution in [-0.4, -0.2) is 29.6 Å². The molecule has 1 saturated heterocycles. The van der Waals surface area contributed by atoms with Crippen molar-refractivity contribution in [3.63, 3.8) is 0 Å². The number of nitrogens with zero attached hydrogens (tertiary/aromatic N) is 1. The third kappa shape index (κ3) is 2.69. The van der Waals surface area contributed by atoms with Gasteiger partial charge in [0.2, 0.25) is 0 Å². The molecule has 1 aromatic heterocycles. The number of aromatic nitrogens is 1. The fourth-order valence-corrected chi connectivity index (χ4v) is 2.51. The third-order valence-electron chi connectivity index (χ3n) is 3.70.